The van der Waals surface area contributed by atoms with Gasteiger partial charge in [-0.05, 0) is 24.3 Å². The van der Waals surface area contributed by atoms with Crippen LogP contribution in [0.5, 0.6) is 0 Å². The Morgan fingerprint density at radius 2 is 1.76 bits per heavy atom. The molecule has 0 aliphatic carbocycles. The van der Waals surface area contributed by atoms with Gasteiger partial charge in [0.2, 0.25) is 0 Å². The molecule has 0 radical (unpaired) electrons. The van der Waals surface area contributed by atoms with Gasteiger partial charge in [0.25, 0.3) is 10.0 Å². The molecule has 2 N–H and O–H groups in total. The Labute approximate surface area is 165 Å². The highest BCUT2D eigenvalue weighted by Crippen LogP contribution is 2.38. The van der Waals surface area contributed by atoms with Crippen LogP contribution in [0, 0.1) is 0 Å². The summed E-state index contributed by atoms with van der Waals surface area (Å²) in [6, 6.07) is 12.6. The van der Waals surface area contributed by atoms with E-state index in [1.165, 1.54) is 0 Å². The maximum absolute atomic E-state index is 13.0. The third-order valence-electron chi connectivity index (χ3n) is 4.61. The Morgan fingerprint density at radius 1 is 1.07 bits per heavy atom. The summed E-state index contributed by atoms with van der Waals surface area (Å²) in [7, 11) is -4.87. The van der Waals surface area contributed by atoms with Gasteiger partial charge in [-0.1, -0.05) is 18.2 Å². The van der Waals surface area contributed by atoms with E-state index in [0.29, 0.717) is 21.2 Å². The summed E-state index contributed by atoms with van der Waals surface area (Å²) >= 11 is 0. The quantitative estimate of drug-likeness (QED) is 0.663. The van der Waals surface area contributed by atoms with Gasteiger partial charge in [0.1, 0.15) is 0 Å². The van der Waals surface area contributed by atoms with Crippen molar-refractivity contribution in [2.24, 2.45) is 0 Å². The number of carbonyl (C=O) groups is 1. The first kappa shape index (κ1) is 19.2. The van der Waals surface area contributed by atoms with E-state index in [0.717, 1.165) is 5.69 Å². The molecule has 150 valence electrons. The van der Waals surface area contributed by atoms with Crippen LogP contribution in [0.25, 0.3) is 11.3 Å². The zero-order valence-electron chi connectivity index (χ0n) is 15.0. The number of ketones is 1. The molecule has 0 amide bonds. The Balaban J connectivity index is 1.83. The van der Waals surface area contributed by atoms with Gasteiger partial charge in [0, 0.05) is 29.3 Å². The van der Waals surface area contributed by atoms with Crippen molar-refractivity contribution in [3.8, 4) is 11.3 Å². The van der Waals surface area contributed by atoms with Gasteiger partial charge in [0.15, 0.2) is 5.78 Å². The maximum Gasteiger partial charge on any atom is 0.350 e. The van der Waals surface area contributed by atoms with Gasteiger partial charge >= 0.3 is 5.76 Å². The van der Waals surface area contributed by atoms with Crippen molar-refractivity contribution in [1.82, 2.24) is 14.3 Å². The number of alkyl halides is 2. The van der Waals surface area contributed by atoms with Crippen LogP contribution in [-0.2, 0) is 16.6 Å². The second kappa shape index (κ2) is 7.37. The number of fused-ring (bicyclic) bond motifs is 1. The van der Waals surface area contributed by atoms with Crippen LogP contribution in [0.15, 0.2) is 54.9 Å². The highest BCUT2D eigenvalue weighted by Gasteiger charge is 2.39. The maximum atomic E-state index is 13.0. The van der Waals surface area contributed by atoms with E-state index in [-0.39, 0.29) is 17.8 Å². The number of halogens is 2. The molecule has 3 heterocycles. The lowest BCUT2D eigenvalue weighted by Gasteiger charge is -2.25. The topological polar surface area (TPSA) is 95.2 Å². The van der Waals surface area contributed by atoms with E-state index >= 15 is 0 Å². The smallest absolute Gasteiger partial charge is 0.350 e. The summed E-state index contributed by atoms with van der Waals surface area (Å²) in [6.45, 7) is -0.987. The summed E-state index contributed by atoms with van der Waals surface area (Å²) in [5.41, 5.74) is 2.98. The SMILES string of the molecule is O=C1CN(S(=O)(=O)C(F)F)Cc2[nH]c(-c3ccncc3)c(Nc3ccccc3)c21. The average molecular weight is 418 g/mol. The molecule has 2 aromatic heterocycles. The summed E-state index contributed by atoms with van der Waals surface area (Å²) in [6.07, 6.45) is 3.16. The van der Waals surface area contributed by atoms with E-state index in [2.05, 4.69) is 15.3 Å². The highest BCUT2D eigenvalue weighted by molar-refractivity contribution is 7.89. The van der Waals surface area contributed by atoms with Gasteiger partial charge in [0.05, 0.1) is 30.0 Å². The molecule has 0 unspecified atom stereocenters. The minimum absolute atomic E-state index is 0.260. The zero-order valence-corrected chi connectivity index (χ0v) is 15.8. The molecule has 0 spiro atoms. The Bertz CT molecular complexity index is 1150. The van der Waals surface area contributed by atoms with Crippen LogP contribution in [-0.4, -0.2) is 40.8 Å². The van der Waals surface area contributed by atoms with Crippen molar-refractivity contribution in [2.45, 2.75) is 12.3 Å². The number of benzene rings is 1. The number of Topliss-reactive ketones (excluding diaryl/α,β-unsaturated/α-hetero) is 1. The normalized spacial score (nSPS) is 14.8. The number of sulfonamides is 1. The molecule has 1 aromatic carbocycles. The van der Waals surface area contributed by atoms with Crippen LogP contribution in [0.2, 0.25) is 0 Å². The molecule has 29 heavy (non-hydrogen) atoms. The Kier molecular flexibility index (Phi) is 4.89. The zero-order chi connectivity index (χ0) is 20.6. The summed E-state index contributed by atoms with van der Waals surface area (Å²) in [4.78, 5) is 19.8. The van der Waals surface area contributed by atoms with E-state index in [4.69, 9.17) is 0 Å². The van der Waals surface area contributed by atoms with Gasteiger partial charge in [-0.2, -0.15) is 13.1 Å². The van der Waals surface area contributed by atoms with Crippen LogP contribution in [0.1, 0.15) is 16.1 Å². The van der Waals surface area contributed by atoms with Gasteiger partial charge in [-0.3, -0.25) is 9.78 Å². The fraction of sp³-hybridized carbons (Fsp3) is 0.158. The fourth-order valence-corrected chi connectivity index (χ4v) is 4.10. The van der Waals surface area contributed by atoms with E-state index < -0.39 is 28.1 Å². The van der Waals surface area contributed by atoms with E-state index in [1.807, 2.05) is 30.3 Å². The molecule has 7 nitrogen and oxygen atoms in total. The lowest BCUT2D eigenvalue weighted by molar-refractivity contribution is 0.0945. The Hall–Kier alpha value is -3.11. The number of hydrogen-bond donors (Lipinski definition) is 2. The summed E-state index contributed by atoms with van der Waals surface area (Å²) in [5.74, 6) is -4.15. The number of H-pyrrole nitrogens is 1. The van der Waals surface area contributed by atoms with Crippen molar-refractivity contribution in [3.63, 3.8) is 0 Å². The molecule has 3 aromatic rings. The predicted octanol–water partition coefficient (Wildman–Crippen LogP) is 3.37. The number of carbonyl (C=O) groups excluding carboxylic acids is 1. The molecule has 4 rings (SSSR count). The van der Waals surface area contributed by atoms with Gasteiger partial charge < -0.3 is 10.3 Å². The summed E-state index contributed by atoms with van der Waals surface area (Å²) in [5, 5.41) is 3.20. The third-order valence-corrected chi connectivity index (χ3v) is 6.04. The van der Waals surface area contributed by atoms with Crippen LogP contribution in [0.4, 0.5) is 20.2 Å². The number of aromatic nitrogens is 2. The van der Waals surface area contributed by atoms with E-state index in [1.54, 1.807) is 24.5 Å². The van der Waals surface area contributed by atoms with E-state index in [9.17, 15) is 22.0 Å². The number of aromatic amines is 1. The van der Waals surface area contributed by atoms with Gasteiger partial charge in [-0.25, -0.2) is 8.42 Å². The Morgan fingerprint density at radius 3 is 2.41 bits per heavy atom. The molecule has 1 aliphatic heterocycles. The number of para-hydroxylation sites is 1. The van der Waals surface area contributed by atoms with Crippen LogP contribution < -0.4 is 5.32 Å². The van der Waals surface area contributed by atoms with Crippen LogP contribution in [0.3, 0.4) is 0 Å². The molecule has 0 fully saturated rings. The standard InChI is InChI=1S/C19H16F2N4O3S/c20-19(21)29(27,28)25-10-14-16(15(26)11-25)18(23-13-4-2-1-3-5-13)17(24-14)12-6-8-22-9-7-12/h1-9,19,23-24H,10-11H2. The van der Waals surface area contributed by atoms with Crippen molar-refractivity contribution >= 4 is 27.2 Å². The second-order valence-corrected chi connectivity index (χ2v) is 8.35. The molecular formula is C19H16F2N4O3S. The molecule has 0 saturated carbocycles. The number of nitrogens with one attached hydrogen (secondary N) is 2. The number of pyridine rings is 1. The first-order chi connectivity index (χ1) is 13.9. The van der Waals surface area contributed by atoms with Crippen molar-refractivity contribution in [1.29, 1.82) is 0 Å². The molecular weight excluding hydrogens is 402 g/mol. The number of hydrogen-bond acceptors (Lipinski definition) is 5. The third kappa shape index (κ3) is 3.52. The molecule has 0 saturated heterocycles. The summed E-state index contributed by atoms with van der Waals surface area (Å²) < 4.78 is 50.2. The van der Waals surface area contributed by atoms with Gasteiger partial charge in [-0.15, -0.1) is 0 Å². The highest BCUT2D eigenvalue weighted by atomic mass is 32.2. The lowest BCUT2D eigenvalue weighted by Crippen LogP contribution is -2.42. The average Bonchev–Trinajstić information content (AvgIpc) is 3.08. The monoisotopic (exact) mass is 418 g/mol. The fourth-order valence-electron chi connectivity index (χ4n) is 3.27. The minimum Gasteiger partial charge on any atom is -0.355 e. The molecule has 10 heteroatoms. The first-order valence-electron chi connectivity index (χ1n) is 8.65. The predicted molar refractivity (Wildman–Crippen MR) is 103 cm³/mol. The number of nitrogens with zero attached hydrogens (tertiary/aromatic N) is 2. The lowest BCUT2D eigenvalue weighted by atomic mass is 10.0. The van der Waals surface area contributed by atoms with Crippen molar-refractivity contribution < 1.29 is 22.0 Å². The minimum atomic E-state index is -4.87. The number of anilines is 2. The molecule has 0 atom stereocenters. The van der Waals surface area contributed by atoms with Crippen molar-refractivity contribution in [2.75, 3.05) is 11.9 Å². The molecule has 1 aliphatic rings. The van der Waals surface area contributed by atoms with Crippen molar-refractivity contribution in [3.05, 3.63) is 66.1 Å². The second-order valence-electron chi connectivity index (χ2n) is 6.45. The first-order valence-corrected chi connectivity index (χ1v) is 10.2. The largest absolute Gasteiger partial charge is 0.355 e. The van der Waals surface area contributed by atoms with Crippen LogP contribution >= 0.6 is 0 Å². The number of rotatable bonds is 5. The molecule has 0 bridgehead atoms.